The van der Waals surface area contributed by atoms with Crippen molar-refractivity contribution in [1.82, 2.24) is 10.3 Å². The molecule has 7 heteroatoms. The molecule has 3 heterocycles. The van der Waals surface area contributed by atoms with Crippen LogP contribution in [0, 0.1) is 12.3 Å². The van der Waals surface area contributed by atoms with E-state index in [1.807, 2.05) is 42.5 Å². The molecular formula is C23H24N4O3. The second-order valence-electron chi connectivity index (χ2n) is 7.50. The average Bonchev–Trinajstić information content (AvgIpc) is 3.56. The Morgan fingerprint density at radius 2 is 2.00 bits per heavy atom. The highest BCUT2D eigenvalue weighted by Gasteiger charge is 2.39. The summed E-state index contributed by atoms with van der Waals surface area (Å²) in [6, 6.07) is 13.0. The number of para-hydroxylation sites is 2. The van der Waals surface area contributed by atoms with E-state index in [1.165, 1.54) is 0 Å². The Hall–Kier alpha value is -3.40. The number of fused-ring (bicyclic) bond motifs is 1. The van der Waals surface area contributed by atoms with E-state index in [1.54, 1.807) is 6.20 Å². The Balaban J connectivity index is 1.40. The van der Waals surface area contributed by atoms with E-state index < -0.39 is 5.66 Å². The molecule has 1 N–H and O–H groups in total. The minimum absolute atomic E-state index is 0.0734. The number of carbonyl (C=O) groups is 1. The maximum atomic E-state index is 12.7. The lowest BCUT2D eigenvalue weighted by molar-refractivity contribution is -0.123. The van der Waals surface area contributed by atoms with Crippen molar-refractivity contribution in [2.24, 2.45) is 10.2 Å². The van der Waals surface area contributed by atoms with Gasteiger partial charge in [0.2, 0.25) is 5.91 Å². The van der Waals surface area contributed by atoms with E-state index in [2.05, 4.69) is 26.4 Å². The number of nitrogens with one attached hydrogen (secondary N) is 1. The summed E-state index contributed by atoms with van der Waals surface area (Å²) in [4.78, 5) is 17.1. The first-order valence-corrected chi connectivity index (χ1v) is 10.1. The Bertz CT molecular complexity index is 948. The molecule has 4 rings (SSSR count). The fraction of sp³-hybridized carbons (Fsp3) is 0.391. The van der Waals surface area contributed by atoms with Gasteiger partial charge < -0.3 is 14.8 Å². The van der Waals surface area contributed by atoms with Crippen LogP contribution in [0.3, 0.4) is 0 Å². The lowest BCUT2D eigenvalue weighted by atomic mass is 10.0. The standard InChI is InChI=1S/C23H24N4O3/c1-2-3-12-23(26-27-23)13-11-22(28)25-18(15-17-8-6-7-14-24-17)21-16-29-19-9-4-5-10-20(19)30-21/h1,4-10,14,18,21H,3,11-13,15-16H2,(H,25,28). The van der Waals surface area contributed by atoms with Gasteiger partial charge >= 0.3 is 0 Å². The molecule has 2 aromatic rings. The number of hydrogen-bond donors (Lipinski definition) is 1. The molecule has 30 heavy (non-hydrogen) atoms. The summed E-state index contributed by atoms with van der Waals surface area (Å²) in [7, 11) is 0. The SMILES string of the molecule is C#CCCC1(CCC(=O)NC(Cc2ccccn2)C2COc3ccccc3O2)N=N1. The van der Waals surface area contributed by atoms with Crippen LogP contribution in [-0.4, -0.2) is 35.3 Å². The van der Waals surface area contributed by atoms with Crippen LogP contribution in [0.1, 0.15) is 31.4 Å². The van der Waals surface area contributed by atoms with Gasteiger partial charge in [0.25, 0.3) is 0 Å². The first kappa shape index (κ1) is 19.9. The van der Waals surface area contributed by atoms with Crippen LogP contribution in [0.4, 0.5) is 0 Å². The number of nitrogens with zero attached hydrogens (tertiary/aromatic N) is 3. The van der Waals surface area contributed by atoms with Crippen molar-refractivity contribution in [1.29, 1.82) is 0 Å². The van der Waals surface area contributed by atoms with E-state index in [0.29, 0.717) is 50.2 Å². The van der Waals surface area contributed by atoms with Gasteiger partial charge in [0.1, 0.15) is 6.61 Å². The summed E-state index contributed by atoms with van der Waals surface area (Å²) in [5.74, 6) is 3.92. The van der Waals surface area contributed by atoms with Crippen LogP contribution in [-0.2, 0) is 11.2 Å². The van der Waals surface area contributed by atoms with Crippen molar-refractivity contribution in [3.05, 3.63) is 54.4 Å². The first-order chi connectivity index (χ1) is 14.7. The molecule has 0 bridgehead atoms. The maximum absolute atomic E-state index is 12.7. The summed E-state index contributed by atoms with van der Waals surface area (Å²) in [5, 5.41) is 11.3. The van der Waals surface area contributed by atoms with Crippen LogP contribution < -0.4 is 14.8 Å². The van der Waals surface area contributed by atoms with Gasteiger partial charge in [-0.1, -0.05) is 18.2 Å². The normalized spacial score (nSPS) is 18.8. The minimum Gasteiger partial charge on any atom is -0.486 e. The first-order valence-electron chi connectivity index (χ1n) is 10.1. The van der Waals surface area contributed by atoms with E-state index in [-0.39, 0.29) is 18.1 Å². The molecule has 2 aliphatic heterocycles. The number of carbonyl (C=O) groups excluding carboxylic acids is 1. The van der Waals surface area contributed by atoms with Crippen molar-refractivity contribution < 1.29 is 14.3 Å². The van der Waals surface area contributed by atoms with E-state index >= 15 is 0 Å². The number of hydrogen-bond acceptors (Lipinski definition) is 6. The summed E-state index contributed by atoms with van der Waals surface area (Å²) in [5.41, 5.74) is 0.409. The molecule has 1 amide bonds. The highest BCUT2D eigenvalue weighted by molar-refractivity contribution is 5.76. The Kier molecular flexibility index (Phi) is 5.94. The molecule has 0 aliphatic carbocycles. The molecule has 2 atom stereocenters. The third kappa shape index (κ3) is 4.95. The zero-order valence-corrected chi connectivity index (χ0v) is 16.7. The predicted octanol–water partition coefficient (Wildman–Crippen LogP) is 3.30. The predicted molar refractivity (Wildman–Crippen MR) is 111 cm³/mol. The summed E-state index contributed by atoms with van der Waals surface area (Å²) < 4.78 is 12.0. The fourth-order valence-electron chi connectivity index (χ4n) is 3.51. The van der Waals surface area contributed by atoms with Crippen molar-refractivity contribution >= 4 is 5.91 Å². The lowest BCUT2D eigenvalue weighted by Crippen LogP contribution is -2.51. The van der Waals surface area contributed by atoms with Gasteiger partial charge in [-0.3, -0.25) is 9.78 Å². The molecule has 0 saturated carbocycles. The summed E-state index contributed by atoms with van der Waals surface area (Å²) in [6.07, 6.45) is 9.46. The second-order valence-corrected chi connectivity index (χ2v) is 7.50. The Labute approximate surface area is 175 Å². The number of amides is 1. The van der Waals surface area contributed by atoms with Crippen LogP contribution in [0.5, 0.6) is 11.5 Å². The quantitative estimate of drug-likeness (QED) is 0.650. The highest BCUT2D eigenvalue weighted by Crippen LogP contribution is 2.37. The molecule has 0 saturated heterocycles. The Morgan fingerprint density at radius 3 is 2.73 bits per heavy atom. The molecule has 154 valence electrons. The highest BCUT2D eigenvalue weighted by atomic mass is 16.6. The van der Waals surface area contributed by atoms with Gasteiger partial charge in [0, 0.05) is 44.0 Å². The maximum Gasteiger partial charge on any atom is 0.220 e. The van der Waals surface area contributed by atoms with Crippen LogP contribution in [0.2, 0.25) is 0 Å². The molecule has 0 fully saturated rings. The smallest absolute Gasteiger partial charge is 0.220 e. The van der Waals surface area contributed by atoms with E-state index in [0.717, 1.165) is 5.69 Å². The molecule has 0 radical (unpaired) electrons. The average molecular weight is 404 g/mol. The number of aromatic nitrogens is 1. The van der Waals surface area contributed by atoms with Crippen molar-refractivity contribution in [3.8, 4) is 23.8 Å². The third-order valence-electron chi connectivity index (χ3n) is 5.29. The molecule has 2 aliphatic rings. The molecule has 2 unspecified atom stereocenters. The van der Waals surface area contributed by atoms with Gasteiger partial charge in [-0.2, -0.15) is 10.2 Å². The van der Waals surface area contributed by atoms with Gasteiger partial charge in [-0.25, -0.2) is 0 Å². The van der Waals surface area contributed by atoms with Gasteiger partial charge in [-0.05, 0) is 24.3 Å². The van der Waals surface area contributed by atoms with Crippen molar-refractivity contribution in [2.45, 2.75) is 49.9 Å². The second kappa shape index (κ2) is 8.95. The number of terminal acetylenes is 1. The van der Waals surface area contributed by atoms with Crippen LogP contribution >= 0.6 is 0 Å². The van der Waals surface area contributed by atoms with Gasteiger partial charge in [-0.15, -0.1) is 12.3 Å². The zero-order chi connectivity index (χ0) is 20.8. The number of benzene rings is 1. The summed E-state index contributed by atoms with van der Waals surface area (Å²) in [6.45, 7) is 0.353. The fourth-order valence-corrected chi connectivity index (χ4v) is 3.51. The number of pyridine rings is 1. The molecule has 1 aromatic heterocycles. The molecule has 1 aromatic carbocycles. The molecule has 7 nitrogen and oxygen atoms in total. The monoisotopic (exact) mass is 404 g/mol. The van der Waals surface area contributed by atoms with Crippen molar-refractivity contribution in [3.63, 3.8) is 0 Å². The van der Waals surface area contributed by atoms with Gasteiger partial charge in [0.15, 0.2) is 23.3 Å². The molecule has 0 spiro atoms. The van der Waals surface area contributed by atoms with Crippen LogP contribution in [0.25, 0.3) is 0 Å². The topological polar surface area (TPSA) is 85.2 Å². The molecular weight excluding hydrogens is 380 g/mol. The number of rotatable bonds is 9. The lowest BCUT2D eigenvalue weighted by Gasteiger charge is -2.32. The van der Waals surface area contributed by atoms with Crippen molar-refractivity contribution in [2.75, 3.05) is 6.61 Å². The van der Waals surface area contributed by atoms with Crippen LogP contribution in [0.15, 0.2) is 58.9 Å². The van der Waals surface area contributed by atoms with E-state index in [4.69, 9.17) is 15.9 Å². The zero-order valence-electron chi connectivity index (χ0n) is 16.7. The third-order valence-corrected chi connectivity index (χ3v) is 5.29. The summed E-state index contributed by atoms with van der Waals surface area (Å²) >= 11 is 0. The van der Waals surface area contributed by atoms with Gasteiger partial charge in [0.05, 0.1) is 6.04 Å². The van der Waals surface area contributed by atoms with E-state index in [9.17, 15) is 4.79 Å². The Morgan fingerprint density at radius 1 is 1.20 bits per heavy atom. The largest absolute Gasteiger partial charge is 0.486 e. The minimum atomic E-state index is -0.469. The number of ether oxygens (including phenoxy) is 2.